The predicted octanol–water partition coefficient (Wildman–Crippen LogP) is 13.6. The van der Waals surface area contributed by atoms with Gasteiger partial charge in [0.2, 0.25) is 0 Å². The van der Waals surface area contributed by atoms with Crippen molar-refractivity contribution in [2.75, 3.05) is 0 Å². The summed E-state index contributed by atoms with van der Waals surface area (Å²) in [5.41, 5.74) is 13.0. The molecule has 0 atom stereocenters. The Morgan fingerprint density at radius 1 is 0.306 bits per heavy atom. The van der Waals surface area contributed by atoms with Crippen molar-refractivity contribution < 1.29 is 0 Å². The van der Waals surface area contributed by atoms with Crippen LogP contribution in [-0.4, -0.2) is 0 Å². The molecule has 0 heterocycles. The maximum Gasteiger partial charge on any atom is 0.0159 e. The second-order valence-electron chi connectivity index (χ2n) is 14.1. The van der Waals surface area contributed by atoms with E-state index >= 15 is 0 Å². The molecule has 10 rings (SSSR count). The van der Waals surface area contributed by atoms with Crippen molar-refractivity contribution >= 4 is 43.1 Å². The molecule has 0 spiro atoms. The van der Waals surface area contributed by atoms with Crippen molar-refractivity contribution in [2.45, 2.75) is 19.3 Å². The Morgan fingerprint density at radius 2 is 0.816 bits per heavy atom. The first kappa shape index (κ1) is 28.1. The summed E-state index contributed by atoms with van der Waals surface area (Å²) < 4.78 is 0. The van der Waals surface area contributed by atoms with Crippen LogP contribution in [0.25, 0.3) is 87.6 Å². The number of fused-ring (bicyclic) bond motifs is 7. The second-order valence-corrected chi connectivity index (χ2v) is 14.1. The molecule has 0 aliphatic heterocycles. The Balaban J connectivity index is 1.23. The van der Waals surface area contributed by atoms with Crippen LogP contribution < -0.4 is 0 Å². The Bertz CT molecular complexity index is 2720. The fourth-order valence-corrected chi connectivity index (χ4v) is 8.64. The van der Waals surface area contributed by atoms with Gasteiger partial charge in [-0.05, 0) is 129 Å². The molecule has 1 aliphatic rings. The molecule has 230 valence electrons. The van der Waals surface area contributed by atoms with Crippen molar-refractivity contribution in [3.63, 3.8) is 0 Å². The monoisotopic (exact) mass is 622 g/mol. The van der Waals surface area contributed by atoms with Gasteiger partial charge in [0.25, 0.3) is 0 Å². The maximum absolute atomic E-state index is 2.47. The van der Waals surface area contributed by atoms with Crippen LogP contribution in [0.5, 0.6) is 0 Å². The van der Waals surface area contributed by atoms with Crippen LogP contribution in [0.2, 0.25) is 0 Å². The van der Waals surface area contributed by atoms with Gasteiger partial charge in [0, 0.05) is 5.41 Å². The molecule has 0 N–H and O–H groups in total. The maximum atomic E-state index is 2.47. The first-order valence-corrected chi connectivity index (χ1v) is 17.3. The number of rotatable bonds is 3. The predicted molar refractivity (Wildman–Crippen MR) is 210 cm³/mol. The van der Waals surface area contributed by atoms with E-state index in [1.54, 1.807) is 0 Å². The molecule has 9 aromatic carbocycles. The van der Waals surface area contributed by atoms with Gasteiger partial charge in [-0.2, -0.15) is 0 Å². The van der Waals surface area contributed by atoms with E-state index in [4.69, 9.17) is 0 Å². The van der Waals surface area contributed by atoms with Gasteiger partial charge in [0.15, 0.2) is 0 Å². The standard InChI is InChI=1S/C49H34/c1-49(2)45-30-35(24-25-38(45)44-27-32-16-6-7-17-33(32)29-46(44)49)43-28-36(26-34-18-8-9-19-37(34)43)48-41-22-12-10-20-39(41)47(31-14-4-3-5-15-31)40-21-11-13-23-42(40)48/h3-30H,1-2H3. The van der Waals surface area contributed by atoms with E-state index in [1.165, 1.54) is 98.7 Å². The molecule has 0 saturated heterocycles. The van der Waals surface area contributed by atoms with Crippen LogP contribution in [-0.2, 0) is 5.41 Å². The summed E-state index contributed by atoms with van der Waals surface area (Å²) in [5.74, 6) is 0. The summed E-state index contributed by atoms with van der Waals surface area (Å²) in [7, 11) is 0. The molecular formula is C49H34. The molecule has 0 bridgehead atoms. The lowest BCUT2D eigenvalue weighted by atomic mass is 9.80. The van der Waals surface area contributed by atoms with Crippen LogP contribution in [0.15, 0.2) is 170 Å². The lowest BCUT2D eigenvalue weighted by Gasteiger charge is -2.23. The molecule has 0 amide bonds. The fraction of sp³-hybridized carbons (Fsp3) is 0.0612. The van der Waals surface area contributed by atoms with Gasteiger partial charge in [-0.25, -0.2) is 0 Å². The minimum Gasteiger partial charge on any atom is -0.0622 e. The van der Waals surface area contributed by atoms with E-state index in [0.717, 1.165) is 0 Å². The number of benzene rings is 9. The molecule has 0 fully saturated rings. The van der Waals surface area contributed by atoms with E-state index < -0.39 is 0 Å². The average molecular weight is 623 g/mol. The van der Waals surface area contributed by atoms with Crippen LogP contribution in [0.1, 0.15) is 25.0 Å². The SMILES string of the molecule is CC1(C)c2cc(-c3cc(-c4c5ccccc5c(-c5ccccc5)c5ccccc45)cc4ccccc34)ccc2-c2cc3ccccc3cc21. The third kappa shape index (κ3) is 4.17. The van der Waals surface area contributed by atoms with E-state index in [9.17, 15) is 0 Å². The highest BCUT2D eigenvalue weighted by molar-refractivity contribution is 6.22. The smallest absolute Gasteiger partial charge is 0.0159 e. The minimum absolute atomic E-state index is 0.0994. The highest BCUT2D eigenvalue weighted by Crippen LogP contribution is 2.52. The first-order valence-electron chi connectivity index (χ1n) is 17.3. The summed E-state index contributed by atoms with van der Waals surface area (Å²) in [4.78, 5) is 0. The van der Waals surface area contributed by atoms with Crippen molar-refractivity contribution in [1.29, 1.82) is 0 Å². The van der Waals surface area contributed by atoms with E-state index in [2.05, 4.69) is 184 Å². The van der Waals surface area contributed by atoms with Crippen LogP contribution in [0.3, 0.4) is 0 Å². The third-order valence-corrected chi connectivity index (χ3v) is 11.0. The lowest BCUT2D eigenvalue weighted by molar-refractivity contribution is 0.661. The largest absolute Gasteiger partial charge is 0.0622 e. The summed E-state index contributed by atoms with van der Waals surface area (Å²) in [5, 5.41) is 10.2. The van der Waals surface area contributed by atoms with Gasteiger partial charge in [0.1, 0.15) is 0 Å². The average Bonchev–Trinajstić information content (AvgIpc) is 3.37. The normalized spacial score (nSPS) is 13.3. The van der Waals surface area contributed by atoms with Crippen molar-refractivity contribution in [1.82, 2.24) is 0 Å². The van der Waals surface area contributed by atoms with E-state index in [1.807, 2.05) is 0 Å². The summed E-state index contributed by atoms with van der Waals surface area (Å²) >= 11 is 0. The van der Waals surface area contributed by atoms with E-state index in [-0.39, 0.29) is 5.41 Å². The van der Waals surface area contributed by atoms with Crippen molar-refractivity contribution in [3.05, 3.63) is 181 Å². The molecule has 49 heavy (non-hydrogen) atoms. The van der Waals surface area contributed by atoms with Gasteiger partial charge < -0.3 is 0 Å². The zero-order valence-corrected chi connectivity index (χ0v) is 27.7. The Kier molecular flexibility index (Phi) is 6.02. The molecule has 0 unspecified atom stereocenters. The Labute approximate surface area is 286 Å². The third-order valence-electron chi connectivity index (χ3n) is 11.0. The fourth-order valence-electron chi connectivity index (χ4n) is 8.64. The highest BCUT2D eigenvalue weighted by Gasteiger charge is 2.36. The van der Waals surface area contributed by atoms with Crippen LogP contribution >= 0.6 is 0 Å². The molecular weight excluding hydrogens is 589 g/mol. The van der Waals surface area contributed by atoms with Gasteiger partial charge in [-0.3, -0.25) is 0 Å². The zero-order valence-electron chi connectivity index (χ0n) is 27.7. The van der Waals surface area contributed by atoms with Gasteiger partial charge in [-0.15, -0.1) is 0 Å². The molecule has 0 heteroatoms. The van der Waals surface area contributed by atoms with Crippen molar-refractivity contribution in [3.8, 4) is 44.5 Å². The van der Waals surface area contributed by atoms with E-state index in [0.29, 0.717) is 0 Å². The van der Waals surface area contributed by atoms with Crippen molar-refractivity contribution in [2.24, 2.45) is 0 Å². The second kappa shape index (κ2) is 10.5. The number of hydrogen-bond acceptors (Lipinski definition) is 0. The molecule has 9 aromatic rings. The molecule has 0 nitrogen and oxygen atoms in total. The zero-order chi connectivity index (χ0) is 32.7. The quantitative estimate of drug-likeness (QED) is 0.172. The summed E-state index contributed by atoms with van der Waals surface area (Å²) in [6, 6.07) is 63.2. The molecule has 0 radical (unpaired) electrons. The van der Waals surface area contributed by atoms with Crippen LogP contribution in [0, 0.1) is 0 Å². The van der Waals surface area contributed by atoms with Gasteiger partial charge >= 0.3 is 0 Å². The Hall–Kier alpha value is -5.98. The molecule has 0 aromatic heterocycles. The topological polar surface area (TPSA) is 0 Å². The van der Waals surface area contributed by atoms with Gasteiger partial charge in [-0.1, -0.05) is 153 Å². The van der Waals surface area contributed by atoms with Gasteiger partial charge in [0.05, 0.1) is 0 Å². The molecule has 0 saturated carbocycles. The highest BCUT2D eigenvalue weighted by atomic mass is 14.4. The first-order chi connectivity index (χ1) is 24.1. The molecule has 1 aliphatic carbocycles. The summed E-state index contributed by atoms with van der Waals surface area (Å²) in [6.45, 7) is 4.77. The number of hydrogen-bond donors (Lipinski definition) is 0. The van der Waals surface area contributed by atoms with Crippen LogP contribution in [0.4, 0.5) is 0 Å². The Morgan fingerprint density at radius 3 is 1.47 bits per heavy atom. The summed E-state index contributed by atoms with van der Waals surface area (Å²) in [6.07, 6.45) is 0. The minimum atomic E-state index is -0.0994. The lowest BCUT2D eigenvalue weighted by Crippen LogP contribution is -2.15.